The first-order valence-corrected chi connectivity index (χ1v) is 6.20. The first-order chi connectivity index (χ1) is 8.00. The van der Waals surface area contributed by atoms with Crippen molar-refractivity contribution in [2.45, 2.75) is 25.4 Å². The summed E-state index contributed by atoms with van der Waals surface area (Å²) in [5.74, 6) is 0.483. The van der Waals surface area contributed by atoms with E-state index in [-0.39, 0.29) is 11.7 Å². The zero-order valence-corrected chi connectivity index (χ0v) is 10.6. The summed E-state index contributed by atoms with van der Waals surface area (Å²) in [6, 6.07) is 6.97. The summed E-state index contributed by atoms with van der Waals surface area (Å²) in [6.45, 7) is 3.91. The molecule has 17 heavy (non-hydrogen) atoms. The van der Waals surface area contributed by atoms with E-state index in [1.54, 1.807) is 18.2 Å². The maximum absolute atomic E-state index is 10.7. The van der Waals surface area contributed by atoms with Crippen LogP contribution in [0.2, 0.25) is 0 Å². The van der Waals surface area contributed by atoms with E-state index >= 15 is 0 Å². The van der Waals surface area contributed by atoms with E-state index in [4.69, 9.17) is 0 Å². The van der Waals surface area contributed by atoms with Crippen molar-refractivity contribution in [2.75, 3.05) is 20.1 Å². The molecule has 1 aromatic rings. The fourth-order valence-electron chi connectivity index (χ4n) is 2.63. The molecule has 1 heterocycles. The van der Waals surface area contributed by atoms with Crippen molar-refractivity contribution < 1.29 is 10.2 Å². The molecule has 0 aromatic heterocycles. The van der Waals surface area contributed by atoms with Crippen molar-refractivity contribution >= 4 is 0 Å². The van der Waals surface area contributed by atoms with E-state index in [9.17, 15) is 10.2 Å². The van der Waals surface area contributed by atoms with Crippen LogP contribution in [0.1, 0.15) is 25.3 Å². The van der Waals surface area contributed by atoms with E-state index in [1.807, 2.05) is 13.0 Å². The molecule has 1 aromatic carbocycles. The molecule has 1 unspecified atom stereocenters. The summed E-state index contributed by atoms with van der Waals surface area (Å²) in [5, 5.41) is 20.2. The highest BCUT2D eigenvalue weighted by atomic mass is 16.3. The van der Waals surface area contributed by atoms with Crippen LogP contribution in [-0.2, 0) is 5.60 Å². The van der Waals surface area contributed by atoms with Gasteiger partial charge in [0.1, 0.15) is 5.75 Å². The molecule has 1 fully saturated rings. The average Bonchev–Trinajstić information content (AvgIpc) is 2.29. The average molecular weight is 235 g/mol. The lowest BCUT2D eigenvalue weighted by atomic mass is 9.77. The van der Waals surface area contributed by atoms with Gasteiger partial charge in [0, 0.05) is 0 Å². The molecule has 0 saturated carbocycles. The minimum atomic E-state index is -0.847. The van der Waals surface area contributed by atoms with Gasteiger partial charge in [-0.2, -0.15) is 0 Å². The van der Waals surface area contributed by atoms with Gasteiger partial charge >= 0.3 is 0 Å². The molecule has 0 bridgehead atoms. The topological polar surface area (TPSA) is 43.7 Å². The van der Waals surface area contributed by atoms with Gasteiger partial charge in [-0.15, -0.1) is 0 Å². The van der Waals surface area contributed by atoms with Gasteiger partial charge in [-0.25, -0.2) is 0 Å². The Morgan fingerprint density at radius 2 is 1.94 bits per heavy atom. The van der Waals surface area contributed by atoms with Crippen LogP contribution in [0.25, 0.3) is 0 Å². The van der Waals surface area contributed by atoms with Crippen LogP contribution in [0, 0.1) is 5.92 Å². The fourth-order valence-corrected chi connectivity index (χ4v) is 2.63. The highest BCUT2D eigenvalue weighted by molar-refractivity contribution is 5.31. The number of phenolic OH excluding ortho intramolecular Hbond substituents is 1. The number of hydrogen-bond donors (Lipinski definition) is 2. The molecule has 1 aliphatic rings. The van der Waals surface area contributed by atoms with Gasteiger partial charge in [-0.05, 0) is 63.5 Å². The third kappa shape index (κ3) is 2.61. The van der Waals surface area contributed by atoms with E-state index < -0.39 is 5.60 Å². The molecule has 0 amide bonds. The molecule has 0 radical (unpaired) electrons. The molecular weight excluding hydrogens is 214 g/mol. The van der Waals surface area contributed by atoms with Gasteiger partial charge in [-0.1, -0.05) is 12.1 Å². The van der Waals surface area contributed by atoms with E-state index in [1.165, 1.54) is 0 Å². The van der Waals surface area contributed by atoms with Crippen LogP contribution in [-0.4, -0.2) is 35.3 Å². The lowest BCUT2D eigenvalue weighted by Gasteiger charge is -2.38. The first kappa shape index (κ1) is 12.4. The predicted molar refractivity (Wildman–Crippen MR) is 67.9 cm³/mol. The second-order valence-corrected chi connectivity index (χ2v) is 5.28. The zero-order chi connectivity index (χ0) is 12.5. The first-order valence-electron chi connectivity index (χ1n) is 6.20. The lowest BCUT2D eigenvalue weighted by Crippen LogP contribution is -2.40. The number of benzene rings is 1. The number of aromatic hydroxyl groups is 1. The summed E-state index contributed by atoms with van der Waals surface area (Å²) in [5.41, 5.74) is -0.0351. The summed E-state index contributed by atoms with van der Waals surface area (Å²) in [4.78, 5) is 2.29. The van der Waals surface area contributed by atoms with Gasteiger partial charge in [0.15, 0.2) is 0 Å². The van der Waals surface area contributed by atoms with Gasteiger partial charge in [0.2, 0.25) is 0 Å². The number of aliphatic hydroxyl groups is 1. The molecule has 0 aliphatic carbocycles. The molecule has 1 saturated heterocycles. The molecular formula is C14H21NO2. The molecule has 1 atom stereocenters. The zero-order valence-electron chi connectivity index (χ0n) is 10.6. The molecule has 0 spiro atoms. The molecule has 3 nitrogen and oxygen atoms in total. The Balaban J connectivity index is 2.18. The quantitative estimate of drug-likeness (QED) is 0.823. The smallest absolute Gasteiger partial charge is 0.115 e. The summed E-state index contributed by atoms with van der Waals surface area (Å²) in [7, 11) is 2.11. The Hall–Kier alpha value is -1.06. The predicted octanol–water partition coefficient (Wildman–Crippen LogP) is 1.94. The van der Waals surface area contributed by atoms with Crippen molar-refractivity contribution in [1.82, 2.24) is 4.90 Å². The second-order valence-electron chi connectivity index (χ2n) is 5.28. The minimum absolute atomic E-state index is 0.218. The van der Waals surface area contributed by atoms with Gasteiger partial charge < -0.3 is 15.1 Å². The largest absolute Gasteiger partial charge is 0.508 e. The lowest BCUT2D eigenvalue weighted by molar-refractivity contribution is -0.0303. The Bertz CT molecular complexity index is 382. The number of hydrogen-bond acceptors (Lipinski definition) is 3. The fraction of sp³-hybridized carbons (Fsp3) is 0.571. The van der Waals surface area contributed by atoms with E-state index in [0.29, 0.717) is 0 Å². The number of likely N-dealkylation sites (tertiary alicyclic amines) is 1. The van der Waals surface area contributed by atoms with Crippen molar-refractivity contribution in [1.29, 1.82) is 0 Å². The maximum Gasteiger partial charge on any atom is 0.115 e. The molecule has 94 valence electrons. The van der Waals surface area contributed by atoms with Crippen LogP contribution >= 0.6 is 0 Å². The third-order valence-corrected chi connectivity index (χ3v) is 3.94. The number of rotatable bonds is 2. The van der Waals surface area contributed by atoms with Crippen molar-refractivity contribution in [2.24, 2.45) is 5.92 Å². The van der Waals surface area contributed by atoms with Gasteiger partial charge in [0.05, 0.1) is 5.60 Å². The van der Waals surface area contributed by atoms with Crippen LogP contribution in [0.3, 0.4) is 0 Å². The monoisotopic (exact) mass is 235 g/mol. The van der Waals surface area contributed by atoms with Crippen LogP contribution in [0.5, 0.6) is 5.75 Å². The Kier molecular flexibility index (Phi) is 3.40. The standard InChI is InChI=1S/C14H21NO2/c1-14(17,11-6-8-15(2)9-7-11)12-4-3-5-13(16)10-12/h3-5,10-11,16-17H,6-9H2,1-2H3. The SMILES string of the molecule is CN1CCC(C(C)(O)c2cccc(O)c2)CC1. The van der Waals surface area contributed by atoms with Crippen LogP contribution in [0.15, 0.2) is 24.3 Å². The van der Waals surface area contributed by atoms with Crippen LogP contribution < -0.4 is 0 Å². The van der Waals surface area contributed by atoms with E-state index in [0.717, 1.165) is 31.5 Å². The van der Waals surface area contributed by atoms with Crippen molar-refractivity contribution in [3.05, 3.63) is 29.8 Å². The van der Waals surface area contributed by atoms with Gasteiger partial charge in [-0.3, -0.25) is 0 Å². The molecule has 2 rings (SSSR count). The van der Waals surface area contributed by atoms with E-state index in [2.05, 4.69) is 11.9 Å². The normalized spacial score (nSPS) is 22.3. The van der Waals surface area contributed by atoms with Crippen molar-refractivity contribution in [3.8, 4) is 5.75 Å². The highest BCUT2D eigenvalue weighted by Crippen LogP contribution is 2.36. The maximum atomic E-state index is 10.7. The van der Waals surface area contributed by atoms with Gasteiger partial charge in [0.25, 0.3) is 0 Å². The number of phenols is 1. The molecule has 3 heteroatoms. The number of nitrogens with zero attached hydrogens (tertiary/aromatic N) is 1. The minimum Gasteiger partial charge on any atom is -0.508 e. The third-order valence-electron chi connectivity index (χ3n) is 3.94. The van der Waals surface area contributed by atoms with Crippen LogP contribution in [0.4, 0.5) is 0 Å². The Morgan fingerprint density at radius 1 is 1.29 bits per heavy atom. The molecule has 2 N–H and O–H groups in total. The summed E-state index contributed by atoms with van der Waals surface area (Å²) < 4.78 is 0. The molecule has 1 aliphatic heterocycles. The summed E-state index contributed by atoms with van der Waals surface area (Å²) >= 11 is 0. The van der Waals surface area contributed by atoms with Crippen molar-refractivity contribution in [3.63, 3.8) is 0 Å². The Labute approximate surface area is 103 Å². The highest BCUT2D eigenvalue weighted by Gasteiger charge is 2.35. The number of piperidine rings is 1. The second kappa shape index (κ2) is 4.67. The Morgan fingerprint density at radius 3 is 2.53 bits per heavy atom. The summed E-state index contributed by atoms with van der Waals surface area (Å²) in [6.07, 6.45) is 2.00.